The van der Waals surface area contributed by atoms with Gasteiger partial charge in [-0.1, -0.05) is 5.21 Å². The van der Waals surface area contributed by atoms with E-state index in [0.717, 1.165) is 43.3 Å². The molecule has 0 bridgehead atoms. The molecule has 2 aromatic rings. The van der Waals surface area contributed by atoms with Gasteiger partial charge < -0.3 is 20.3 Å². The first-order chi connectivity index (χ1) is 11.2. The molecule has 0 amide bonds. The van der Waals surface area contributed by atoms with Gasteiger partial charge in [0.2, 0.25) is 0 Å². The zero-order valence-electron chi connectivity index (χ0n) is 13.8. The Labute approximate surface area is 136 Å². The van der Waals surface area contributed by atoms with E-state index < -0.39 is 0 Å². The Morgan fingerprint density at radius 2 is 1.74 bits per heavy atom. The van der Waals surface area contributed by atoms with Crippen LogP contribution in [0, 0.1) is 0 Å². The van der Waals surface area contributed by atoms with Gasteiger partial charge in [0.05, 0.1) is 18.0 Å². The summed E-state index contributed by atoms with van der Waals surface area (Å²) in [5.74, 6) is 0. The number of hydrogen-bond donors (Lipinski definition) is 1. The molecule has 1 aliphatic rings. The van der Waals surface area contributed by atoms with E-state index in [2.05, 4.69) is 51.4 Å². The van der Waals surface area contributed by atoms with Crippen molar-refractivity contribution in [2.75, 3.05) is 45.2 Å². The Kier molecular flexibility index (Phi) is 4.90. The number of likely N-dealkylation sites (N-methyl/N-ethyl adjacent to an activating group) is 1. The highest BCUT2D eigenvalue weighted by atomic mass is 16.5. The van der Waals surface area contributed by atoms with Crippen molar-refractivity contribution in [3.63, 3.8) is 0 Å². The summed E-state index contributed by atoms with van der Waals surface area (Å²) in [6.07, 6.45) is 0. The standard InChI is InChI=1S/C16H24N6O/c1-20-7-9-21(10-8-20)13-3-5-14(6-4-13)22-16(12-23-2)15(11-17)18-19-22/h3-6H,7-12,17H2,1-2H3. The second-order valence-corrected chi connectivity index (χ2v) is 5.84. The van der Waals surface area contributed by atoms with E-state index in [4.69, 9.17) is 10.5 Å². The summed E-state index contributed by atoms with van der Waals surface area (Å²) in [6.45, 7) is 5.13. The average Bonchev–Trinajstić information content (AvgIpc) is 2.99. The summed E-state index contributed by atoms with van der Waals surface area (Å²) in [5, 5.41) is 8.36. The second-order valence-electron chi connectivity index (χ2n) is 5.84. The van der Waals surface area contributed by atoms with Crippen molar-refractivity contribution < 1.29 is 4.74 Å². The van der Waals surface area contributed by atoms with Crippen molar-refractivity contribution in [2.24, 2.45) is 5.73 Å². The predicted molar refractivity (Wildman–Crippen MR) is 89.7 cm³/mol. The van der Waals surface area contributed by atoms with Crippen molar-refractivity contribution in [2.45, 2.75) is 13.2 Å². The number of methoxy groups -OCH3 is 1. The van der Waals surface area contributed by atoms with Gasteiger partial charge in [0.1, 0.15) is 5.69 Å². The average molecular weight is 316 g/mol. The fourth-order valence-electron chi connectivity index (χ4n) is 2.85. The SMILES string of the molecule is COCc1c(CN)nnn1-c1ccc(N2CCN(C)CC2)cc1. The summed E-state index contributed by atoms with van der Waals surface area (Å²) in [5.41, 5.74) is 9.62. The van der Waals surface area contributed by atoms with Crippen LogP contribution < -0.4 is 10.6 Å². The molecule has 124 valence electrons. The summed E-state index contributed by atoms with van der Waals surface area (Å²) in [4.78, 5) is 4.76. The molecule has 0 atom stereocenters. The quantitative estimate of drug-likeness (QED) is 0.872. The zero-order valence-corrected chi connectivity index (χ0v) is 13.8. The third kappa shape index (κ3) is 3.36. The number of ether oxygens (including phenoxy) is 1. The molecule has 23 heavy (non-hydrogen) atoms. The van der Waals surface area contributed by atoms with Crippen LogP contribution in [0.4, 0.5) is 5.69 Å². The predicted octanol–water partition coefficient (Wildman–Crippen LogP) is 0.624. The van der Waals surface area contributed by atoms with Gasteiger partial charge in [-0.05, 0) is 31.3 Å². The second kappa shape index (κ2) is 7.08. The van der Waals surface area contributed by atoms with Crippen molar-refractivity contribution in [1.29, 1.82) is 0 Å². The minimum Gasteiger partial charge on any atom is -0.378 e. The highest BCUT2D eigenvalue weighted by Gasteiger charge is 2.16. The fraction of sp³-hybridized carbons (Fsp3) is 0.500. The Hall–Kier alpha value is -1.96. The van der Waals surface area contributed by atoms with Gasteiger partial charge in [0.25, 0.3) is 0 Å². The Bertz CT molecular complexity index is 631. The molecule has 2 heterocycles. The minimum absolute atomic E-state index is 0.359. The van der Waals surface area contributed by atoms with E-state index in [0.29, 0.717) is 13.2 Å². The van der Waals surface area contributed by atoms with E-state index in [1.165, 1.54) is 5.69 Å². The van der Waals surface area contributed by atoms with Gasteiger partial charge in [-0.15, -0.1) is 5.10 Å². The molecular formula is C16H24N6O. The molecular weight excluding hydrogens is 292 g/mol. The van der Waals surface area contributed by atoms with E-state index in [1.807, 2.05) is 0 Å². The van der Waals surface area contributed by atoms with Crippen molar-refractivity contribution in [3.8, 4) is 5.69 Å². The molecule has 1 aromatic carbocycles. The number of rotatable bonds is 5. The number of nitrogens with two attached hydrogens (primary N) is 1. The maximum absolute atomic E-state index is 5.72. The van der Waals surface area contributed by atoms with Crippen LogP contribution >= 0.6 is 0 Å². The maximum Gasteiger partial charge on any atom is 0.102 e. The van der Waals surface area contributed by atoms with Gasteiger partial charge in [-0.2, -0.15) is 0 Å². The lowest BCUT2D eigenvalue weighted by molar-refractivity contribution is 0.178. The number of aromatic nitrogens is 3. The van der Waals surface area contributed by atoms with Crippen LogP contribution in [0.1, 0.15) is 11.4 Å². The van der Waals surface area contributed by atoms with E-state index >= 15 is 0 Å². The van der Waals surface area contributed by atoms with E-state index in [9.17, 15) is 0 Å². The lowest BCUT2D eigenvalue weighted by atomic mass is 10.2. The molecule has 3 rings (SSSR count). The first kappa shape index (κ1) is 15.9. The highest BCUT2D eigenvalue weighted by Crippen LogP contribution is 2.20. The molecule has 0 aliphatic carbocycles. The monoisotopic (exact) mass is 316 g/mol. The molecule has 1 saturated heterocycles. The first-order valence-corrected chi connectivity index (χ1v) is 7.89. The van der Waals surface area contributed by atoms with Gasteiger partial charge in [0.15, 0.2) is 0 Å². The molecule has 0 radical (unpaired) electrons. The van der Waals surface area contributed by atoms with Gasteiger partial charge >= 0.3 is 0 Å². The van der Waals surface area contributed by atoms with Crippen LogP contribution in [-0.2, 0) is 17.9 Å². The lowest BCUT2D eigenvalue weighted by Crippen LogP contribution is -2.44. The molecule has 0 saturated carbocycles. The Morgan fingerprint density at radius 3 is 2.35 bits per heavy atom. The number of piperazine rings is 1. The third-order valence-electron chi connectivity index (χ3n) is 4.28. The van der Waals surface area contributed by atoms with Crippen LogP contribution in [0.2, 0.25) is 0 Å². The topological polar surface area (TPSA) is 72.4 Å². The molecule has 0 unspecified atom stereocenters. The van der Waals surface area contributed by atoms with Crippen LogP contribution in [0.15, 0.2) is 24.3 Å². The third-order valence-corrected chi connectivity index (χ3v) is 4.28. The molecule has 1 aliphatic heterocycles. The number of nitrogens with zero attached hydrogens (tertiary/aromatic N) is 5. The normalized spacial score (nSPS) is 16.0. The smallest absolute Gasteiger partial charge is 0.102 e. The molecule has 2 N–H and O–H groups in total. The van der Waals surface area contributed by atoms with E-state index in [-0.39, 0.29) is 0 Å². The largest absolute Gasteiger partial charge is 0.378 e. The van der Waals surface area contributed by atoms with Crippen LogP contribution in [0.5, 0.6) is 0 Å². The first-order valence-electron chi connectivity index (χ1n) is 7.89. The van der Waals surface area contributed by atoms with Crippen molar-refractivity contribution in [1.82, 2.24) is 19.9 Å². The Balaban J connectivity index is 1.81. The highest BCUT2D eigenvalue weighted by molar-refractivity contribution is 5.51. The van der Waals surface area contributed by atoms with Gasteiger partial charge in [0, 0.05) is 45.5 Å². The summed E-state index contributed by atoms with van der Waals surface area (Å²) < 4.78 is 7.06. The van der Waals surface area contributed by atoms with E-state index in [1.54, 1.807) is 11.8 Å². The minimum atomic E-state index is 0.359. The number of benzene rings is 1. The van der Waals surface area contributed by atoms with Crippen molar-refractivity contribution in [3.05, 3.63) is 35.7 Å². The molecule has 1 fully saturated rings. The van der Waals surface area contributed by atoms with Crippen LogP contribution in [0.25, 0.3) is 5.69 Å². The molecule has 7 nitrogen and oxygen atoms in total. The van der Waals surface area contributed by atoms with Crippen LogP contribution in [0.3, 0.4) is 0 Å². The molecule has 0 spiro atoms. The number of anilines is 1. The molecule has 7 heteroatoms. The summed E-state index contributed by atoms with van der Waals surface area (Å²) >= 11 is 0. The van der Waals surface area contributed by atoms with Gasteiger partial charge in [-0.25, -0.2) is 4.68 Å². The summed E-state index contributed by atoms with van der Waals surface area (Å²) in [6, 6.07) is 8.42. The van der Waals surface area contributed by atoms with Crippen LogP contribution in [-0.4, -0.2) is 60.2 Å². The zero-order chi connectivity index (χ0) is 16.2. The lowest BCUT2D eigenvalue weighted by Gasteiger charge is -2.34. The van der Waals surface area contributed by atoms with Gasteiger partial charge in [-0.3, -0.25) is 0 Å². The molecule has 1 aromatic heterocycles. The Morgan fingerprint density at radius 1 is 1.09 bits per heavy atom. The maximum atomic E-state index is 5.72. The van der Waals surface area contributed by atoms with Crippen molar-refractivity contribution >= 4 is 5.69 Å². The summed E-state index contributed by atoms with van der Waals surface area (Å²) in [7, 11) is 3.83. The number of hydrogen-bond acceptors (Lipinski definition) is 6. The fourth-order valence-corrected chi connectivity index (χ4v) is 2.85.